The smallest absolute Gasteiger partial charge is 0.343 e. The van der Waals surface area contributed by atoms with Gasteiger partial charge in [0.25, 0.3) is 0 Å². The molecular formula is C9H10FN3O. The third-order valence-electron chi connectivity index (χ3n) is 2.10. The van der Waals surface area contributed by atoms with Gasteiger partial charge in [-0.2, -0.15) is 4.98 Å². The number of hydrogen-bond donors (Lipinski definition) is 1. The fraction of sp³-hybridized carbons (Fsp3) is 0.333. The van der Waals surface area contributed by atoms with Crippen LogP contribution < -0.4 is 5.69 Å². The molecule has 0 spiro atoms. The Morgan fingerprint density at radius 3 is 2.93 bits per heavy atom. The molecule has 2 rings (SSSR count). The highest BCUT2D eigenvalue weighted by Crippen LogP contribution is 2.13. The van der Waals surface area contributed by atoms with E-state index in [2.05, 4.69) is 9.97 Å². The molecule has 4 nitrogen and oxygen atoms in total. The Hall–Kier alpha value is -1.65. The first-order valence-corrected chi connectivity index (χ1v) is 4.35. The van der Waals surface area contributed by atoms with E-state index in [1.165, 1.54) is 17.0 Å². The molecule has 2 aromatic rings. The Morgan fingerprint density at radius 1 is 1.57 bits per heavy atom. The number of nitrogens with one attached hydrogen (secondary N) is 1. The monoisotopic (exact) mass is 195 g/mol. The molecule has 0 radical (unpaired) electrons. The lowest BCUT2D eigenvalue weighted by atomic mass is 10.3. The number of aromatic amines is 1. The summed E-state index contributed by atoms with van der Waals surface area (Å²) >= 11 is 0. The number of aromatic nitrogens is 3. The van der Waals surface area contributed by atoms with Crippen LogP contribution in [0.1, 0.15) is 19.9 Å². The molecule has 2 aromatic heterocycles. The zero-order valence-corrected chi connectivity index (χ0v) is 7.91. The van der Waals surface area contributed by atoms with Gasteiger partial charge in [-0.1, -0.05) is 0 Å². The molecule has 0 aliphatic carbocycles. The highest BCUT2D eigenvalue weighted by molar-refractivity contribution is 5.74. The predicted molar refractivity (Wildman–Crippen MR) is 50.7 cm³/mol. The molecule has 0 aliphatic heterocycles. The van der Waals surface area contributed by atoms with Crippen molar-refractivity contribution in [1.82, 2.24) is 14.5 Å². The van der Waals surface area contributed by atoms with E-state index in [1.54, 1.807) is 0 Å². The maximum Gasteiger partial charge on any atom is 0.349 e. The van der Waals surface area contributed by atoms with Gasteiger partial charge < -0.3 is 4.98 Å². The first-order chi connectivity index (χ1) is 6.59. The van der Waals surface area contributed by atoms with Gasteiger partial charge in [-0.05, 0) is 13.8 Å². The van der Waals surface area contributed by atoms with Crippen LogP contribution in [0, 0.1) is 5.82 Å². The van der Waals surface area contributed by atoms with Gasteiger partial charge in [-0.15, -0.1) is 0 Å². The van der Waals surface area contributed by atoms with Crippen molar-refractivity contribution in [2.24, 2.45) is 0 Å². The zero-order valence-electron chi connectivity index (χ0n) is 7.91. The van der Waals surface area contributed by atoms with Crippen molar-refractivity contribution in [1.29, 1.82) is 0 Å². The number of rotatable bonds is 1. The van der Waals surface area contributed by atoms with Crippen LogP contribution >= 0.6 is 0 Å². The van der Waals surface area contributed by atoms with Crippen molar-refractivity contribution >= 4 is 11.0 Å². The van der Waals surface area contributed by atoms with Crippen molar-refractivity contribution in [3.05, 3.63) is 28.7 Å². The molecule has 2 heterocycles. The van der Waals surface area contributed by atoms with Gasteiger partial charge in [-0.3, -0.25) is 4.57 Å². The van der Waals surface area contributed by atoms with Crippen LogP contribution in [0.3, 0.4) is 0 Å². The minimum Gasteiger partial charge on any atom is -0.343 e. The molecule has 74 valence electrons. The van der Waals surface area contributed by atoms with Gasteiger partial charge in [0.2, 0.25) is 0 Å². The molecule has 1 N–H and O–H groups in total. The SMILES string of the molecule is CC(C)n1cc2c(F)c[nH]c2nc1=O. The molecule has 0 aliphatic rings. The summed E-state index contributed by atoms with van der Waals surface area (Å²) < 4.78 is 14.5. The minimum atomic E-state index is -0.387. The molecule has 0 saturated carbocycles. The molecule has 14 heavy (non-hydrogen) atoms. The first kappa shape index (κ1) is 8.93. The maximum atomic E-state index is 13.1. The Labute approximate surface area is 79.4 Å². The van der Waals surface area contributed by atoms with Crippen LogP contribution in [-0.4, -0.2) is 14.5 Å². The van der Waals surface area contributed by atoms with E-state index in [4.69, 9.17) is 0 Å². The Morgan fingerprint density at radius 2 is 2.29 bits per heavy atom. The molecule has 0 aromatic carbocycles. The Balaban J connectivity index is 2.81. The lowest BCUT2D eigenvalue weighted by Gasteiger charge is -2.07. The summed E-state index contributed by atoms with van der Waals surface area (Å²) in [6, 6.07) is -0.0197. The van der Waals surface area contributed by atoms with Gasteiger partial charge in [0.1, 0.15) is 5.65 Å². The van der Waals surface area contributed by atoms with Crippen LogP contribution in [0.25, 0.3) is 11.0 Å². The third-order valence-corrected chi connectivity index (χ3v) is 2.10. The molecule has 0 amide bonds. The van der Waals surface area contributed by atoms with Crippen molar-refractivity contribution in [2.75, 3.05) is 0 Å². The van der Waals surface area contributed by atoms with Crippen LogP contribution in [0.4, 0.5) is 4.39 Å². The van der Waals surface area contributed by atoms with Crippen molar-refractivity contribution < 1.29 is 4.39 Å². The normalized spacial score (nSPS) is 11.4. The molecule has 0 saturated heterocycles. The van der Waals surface area contributed by atoms with E-state index in [9.17, 15) is 9.18 Å². The quantitative estimate of drug-likeness (QED) is 0.748. The lowest BCUT2D eigenvalue weighted by Crippen LogP contribution is -2.23. The molecule has 0 fully saturated rings. The Bertz CT molecular complexity index is 526. The average Bonchev–Trinajstić information content (AvgIpc) is 2.46. The molecule has 0 atom stereocenters. The van der Waals surface area contributed by atoms with Gasteiger partial charge in [0.15, 0.2) is 5.82 Å². The zero-order chi connectivity index (χ0) is 10.3. The van der Waals surface area contributed by atoms with Crippen LogP contribution in [-0.2, 0) is 0 Å². The summed E-state index contributed by atoms with van der Waals surface area (Å²) in [4.78, 5) is 17.7. The standard InChI is InChI=1S/C9H10FN3O/c1-5(2)13-4-6-7(10)3-11-8(6)12-9(13)14/h3-5H,1-2H3,(H,11,12,14). The van der Waals surface area contributed by atoms with Crippen molar-refractivity contribution in [3.8, 4) is 0 Å². The fourth-order valence-electron chi connectivity index (χ4n) is 1.33. The fourth-order valence-corrected chi connectivity index (χ4v) is 1.33. The van der Waals surface area contributed by atoms with E-state index in [1.807, 2.05) is 13.8 Å². The second-order valence-electron chi connectivity index (χ2n) is 3.42. The van der Waals surface area contributed by atoms with Crippen LogP contribution in [0.15, 0.2) is 17.2 Å². The Kier molecular flexibility index (Phi) is 1.87. The van der Waals surface area contributed by atoms with E-state index in [0.717, 1.165) is 0 Å². The average molecular weight is 195 g/mol. The van der Waals surface area contributed by atoms with Gasteiger partial charge >= 0.3 is 5.69 Å². The predicted octanol–water partition coefficient (Wildman–Crippen LogP) is 1.44. The van der Waals surface area contributed by atoms with E-state index < -0.39 is 0 Å². The lowest BCUT2D eigenvalue weighted by molar-refractivity contribution is 0.566. The largest absolute Gasteiger partial charge is 0.349 e. The summed E-state index contributed by atoms with van der Waals surface area (Å²) in [5.41, 5.74) is -0.0706. The van der Waals surface area contributed by atoms with E-state index >= 15 is 0 Å². The topological polar surface area (TPSA) is 50.7 Å². The molecular weight excluding hydrogens is 185 g/mol. The number of hydrogen-bond acceptors (Lipinski definition) is 2. The van der Waals surface area contributed by atoms with Crippen LogP contribution in [0.5, 0.6) is 0 Å². The molecule has 0 bridgehead atoms. The number of nitrogens with zero attached hydrogens (tertiary/aromatic N) is 2. The minimum absolute atomic E-state index is 0.0197. The highest BCUT2D eigenvalue weighted by Gasteiger charge is 2.08. The number of halogens is 1. The number of fused-ring (bicyclic) bond motifs is 1. The van der Waals surface area contributed by atoms with E-state index in [0.29, 0.717) is 11.0 Å². The third kappa shape index (κ3) is 1.21. The summed E-state index contributed by atoms with van der Waals surface area (Å²) in [5.74, 6) is -0.387. The van der Waals surface area contributed by atoms with Gasteiger partial charge in [-0.25, -0.2) is 9.18 Å². The van der Waals surface area contributed by atoms with Crippen LogP contribution in [0.2, 0.25) is 0 Å². The molecule has 5 heteroatoms. The van der Waals surface area contributed by atoms with E-state index in [-0.39, 0.29) is 17.5 Å². The van der Waals surface area contributed by atoms with Crippen molar-refractivity contribution in [3.63, 3.8) is 0 Å². The summed E-state index contributed by atoms with van der Waals surface area (Å²) in [6.45, 7) is 3.69. The van der Waals surface area contributed by atoms with Gasteiger partial charge in [0, 0.05) is 18.4 Å². The summed E-state index contributed by atoms with van der Waals surface area (Å²) in [7, 11) is 0. The maximum absolute atomic E-state index is 13.1. The second kappa shape index (κ2) is 2.94. The molecule has 0 unspecified atom stereocenters. The van der Waals surface area contributed by atoms with Gasteiger partial charge in [0.05, 0.1) is 5.39 Å². The first-order valence-electron chi connectivity index (χ1n) is 4.35. The van der Waals surface area contributed by atoms with Crippen molar-refractivity contribution in [2.45, 2.75) is 19.9 Å². The summed E-state index contributed by atoms with van der Waals surface area (Å²) in [6.07, 6.45) is 2.68. The second-order valence-corrected chi connectivity index (χ2v) is 3.42. The number of H-pyrrole nitrogens is 1. The summed E-state index contributed by atoms with van der Waals surface area (Å²) in [5, 5.41) is 0.346. The highest BCUT2D eigenvalue weighted by atomic mass is 19.1.